The van der Waals surface area contributed by atoms with E-state index in [1.54, 1.807) is 0 Å². The maximum atomic E-state index is 3.66. The second-order valence-electron chi connectivity index (χ2n) is 8.26. The van der Waals surface area contributed by atoms with Gasteiger partial charge in [0.1, 0.15) is 0 Å². The maximum Gasteiger partial charge on any atom is 0.0477 e. The fourth-order valence-corrected chi connectivity index (χ4v) is 5.20. The van der Waals surface area contributed by atoms with Gasteiger partial charge in [0.05, 0.1) is 0 Å². The van der Waals surface area contributed by atoms with E-state index in [4.69, 9.17) is 0 Å². The molecule has 0 atom stereocenters. The van der Waals surface area contributed by atoms with Crippen LogP contribution in [0.25, 0.3) is 38.2 Å². The average molecular weight is 347 g/mol. The van der Waals surface area contributed by atoms with Gasteiger partial charge in [0.2, 0.25) is 0 Å². The SMILES string of the molecule is CC1(C)C2=C(C=CC=CC2)c2c3c1cccc3cc1[nH]c3ccccc3c21. The molecule has 2 aliphatic carbocycles. The van der Waals surface area contributed by atoms with Crippen LogP contribution >= 0.6 is 0 Å². The lowest BCUT2D eigenvalue weighted by Gasteiger charge is -2.36. The van der Waals surface area contributed by atoms with Gasteiger partial charge in [0, 0.05) is 27.2 Å². The third-order valence-corrected chi connectivity index (χ3v) is 6.49. The zero-order valence-electron chi connectivity index (χ0n) is 15.6. The second kappa shape index (κ2) is 5.01. The zero-order valence-corrected chi connectivity index (χ0v) is 15.6. The molecule has 1 heterocycles. The zero-order chi connectivity index (χ0) is 18.2. The third-order valence-electron chi connectivity index (χ3n) is 6.49. The van der Waals surface area contributed by atoms with Crippen LogP contribution in [0.15, 0.2) is 78.4 Å². The highest BCUT2D eigenvalue weighted by molar-refractivity contribution is 6.21. The summed E-state index contributed by atoms with van der Waals surface area (Å²) in [7, 11) is 0. The van der Waals surface area contributed by atoms with Gasteiger partial charge in [-0.15, -0.1) is 0 Å². The molecule has 3 aromatic carbocycles. The van der Waals surface area contributed by atoms with Crippen LogP contribution in [-0.2, 0) is 5.41 Å². The summed E-state index contributed by atoms with van der Waals surface area (Å²) < 4.78 is 0. The number of hydrogen-bond donors (Lipinski definition) is 1. The number of allylic oxidation sites excluding steroid dienone is 6. The molecule has 0 unspecified atom stereocenters. The lowest BCUT2D eigenvalue weighted by Crippen LogP contribution is -2.25. The molecule has 6 rings (SSSR count). The summed E-state index contributed by atoms with van der Waals surface area (Å²) in [5.41, 5.74) is 8.25. The molecular formula is C26H21N. The molecule has 0 saturated heterocycles. The van der Waals surface area contributed by atoms with Gasteiger partial charge in [-0.25, -0.2) is 0 Å². The largest absolute Gasteiger partial charge is 0.354 e. The van der Waals surface area contributed by atoms with E-state index in [9.17, 15) is 0 Å². The summed E-state index contributed by atoms with van der Waals surface area (Å²) in [5.74, 6) is 0. The predicted octanol–water partition coefficient (Wildman–Crippen LogP) is 7.04. The van der Waals surface area contributed by atoms with Gasteiger partial charge in [-0.05, 0) is 51.6 Å². The lowest BCUT2D eigenvalue weighted by atomic mass is 9.67. The van der Waals surface area contributed by atoms with Crippen molar-refractivity contribution in [2.45, 2.75) is 25.7 Å². The van der Waals surface area contributed by atoms with Crippen LogP contribution in [0, 0.1) is 0 Å². The Balaban J connectivity index is 1.93. The van der Waals surface area contributed by atoms with Crippen LogP contribution in [0.5, 0.6) is 0 Å². The summed E-state index contributed by atoms with van der Waals surface area (Å²) in [6.07, 6.45) is 10.0. The van der Waals surface area contributed by atoms with Gasteiger partial charge in [-0.2, -0.15) is 0 Å². The standard InChI is InChI=1S/C26H21N/c1-26(2)19-12-5-3-4-10-17(19)25-23-16(9-8-13-20(23)26)15-22-24(25)18-11-6-7-14-21(18)27-22/h3-11,13-15,27H,12H2,1-2H3. The minimum atomic E-state index is 0.0284. The summed E-state index contributed by atoms with van der Waals surface area (Å²) in [4.78, 5) is 3.66. The quantitative estimate of drug-likeness (QED) is 0.351. The minimum absolute atomic E-state index is 0.0284. The molecule has 1 nitrogen and oxygen atoms in total. The van der Waals surface area contributed by atoms with Crippen LogP contribution in [0.2, 0.25) is 0 Å². The molecule has 27 heavy (non-hydrogen) atoms. The van der Waals surface area contributed by atoms with Crippen molar-refractivity contribution in [3.8, 4) is 0 Å². The number of H-pyrrole nitrogens is 1. The Labute approximate surface area is 158 Å². The Bertz CT molecular complexity index is 1360. The highest BCUT2D eigenvalue weighted by atomic mass is 14.7. The number of fused-ring (bicyclic) bond motifs is 5. The lowest BCUT2D eigenvalue weighted by molar-refractivity contribution is 0.615. The Morgan fingerprint density at radius 2 is 1.78 bits per heavy atom. The van der Waals surface area contributed by atoms with Crippen molar-refractivity contribution in [1.29, 1.82) is 0 Å². The fraction of sp³-hybridized carbons (Fsp3) is 0.154. The van der Waals surface area contributed by atoms with Gasteiger partial charge in [0.25, 0.3) is 0 Å². The van der Waals surface area contributed by atoms with Crippen LogP contribution < -0.4 is 0 Å². The molecule has 1 N–H and O–H groups in total. The van der Waals surface area contributed by atoms with Crippen molar-refractivity contribution >= 4 is 38.2 Å². The van der Waals surface area contributed by atoms with Crippen LogP contribution in [0.4, 0.5) is 0 Å². The van der Waals surface area contributed by atoms with Gasteiger partial charge < -0.3 is 4.98 Å². The molecule has 4 aromatic rings. The monoisotopic (exact) mass is 347 g/mol. The van der Waals surface area contributed by atoms with Crippen molar-refractivity contribution in [1.82, 2.24) is 4.98 Å². The number of rotatable bonds is 0. The van der Waals surface area contributed by atoms with Crippen molar-refractivity contribution in [3.63, 3.8) is 0 Å². The Morgan fingerprint density at radius 3 is 2.70 bits per heavy atom. The molecule has 0 spiro atoms. The normalized spacial score (nSPS) is 17.7. The van der Waals surface area contributed by atoms with E-state index in [2.05, 4.69) is 91.7 Å². The van der Waals surface area contributed by atoms with E-state index in [0.29, 0.717) is 0 Å². The molecular weight excluding hydrogens is 326 g/mol. The van der Waals surface area contributed by atoms with E-state index in [-0.39, 0.29) is 5.41 Å². The maximum absolute atomic E-state index is 3.66. The third kappa shape index (κ3) is 1.84. The fourth-order valence-electron chi connectivity index (χ4n) is 5.20. The Morgan fingerprint density at radius 1 is 0.889 bits per heavy atom. The van der Waals surface area contributed by atoms with E-state index in [1.807, 2.05) is 0 Å². The first-order valence-corrected chi connectivity index (χ1v) is 9.70. The topological polar surface area (TPSA) is 15.8 Å². The summed E-state index contributed by atoms with van der Waals surface area (Å²) in [6, 6.07) is 17.8. The Hall–Kier alpha value is -3.06. The first-order valence-electron chi connectivity index (χ1n) is 9.70. The highest BCUT2D eigenvalue weighted by Crippen LogP contribution is 2.51. The smallest absolute Gasteiger partial charge is 0.0477 e. The predicted molar refractivity (Wildman–Crippen MR) is 116 cm³/mol. The van der Waals surface area contributed by atoms with Gasteiger partial charge in [0.15, 0.2) is 0 Å². The van der Waals surface area contributed by atoms with Crippen LogP contribution in [0.3, 0.4) is 0 Å². The number of hydrogen-bond acceptors (Lipinski definition) is 0. The van der Waals surface area contributed by atoms with Crippen molar-refractivity contribution < 1.29 is 0 Å². The van der Waals surface area contributed by atoms with E-state index in [1.165, 1.54) is 54.9 Å². The van der Waals surface area contributed by atoms with E-state index in [0.717, 1.165) is 6.42 Å². The number of aromatic amines is 1. The molecule has 2 aliphatic rings. The van der Waals surface area contributed by atoms with Gasteiger partial charge in [-0.1, -0.05) is 74.5 Å². The van der Waals surface area contributed by atoms with Gasteiger partial charge in [-0.3, -0.25) is 0 Å². The van der Waals surface area contributed by atoms with Crippen molar-refractivity contribution in [3.05, 3.63) is 89.5 Å². The van der Waals surface area contributed by atoms with E-state index < -0.39 is 0 Å². The number of nitrogens with one attached hydrogen (secondary N) is 1. The van der Waals surface area contributed by atoms with Crippen molar-refractivity contribution in [2.75, 3.05) is 0 Å². The molecule has 0 saturated carbocycles. The molecule has 0 bridgehead atoms. The first-order chi connectivity index (χ1) is 13.2. The van der Waals surface area contributed by atoms with Crippen LogP contribution in [0.1, 0.15) is 31.4 Å². The van der Waals surface area contributed by atoms with E-state index >= 15 is 0 Å². The number of para-hydroxylation sites is 1. The van der Waals surface area contributed by atoms with Crippen LogP contribution in [-0.4, -0.2) is 4.98 Å². The molecule has 1 heteroatoms. The molecule has 130 valence electrons. The second-order valence-corrected chi connectivity index (χ2v) is 8.26. The first kappa shape index (κ1) is 15.0. The molecule has 0 aliphatic heterocycles. The Kier molecular flexibility index (Phi) is 2.79. The molecule has 0 radical (unpaired) electrons. The molecule has 0 amide bonds. The summed E-state index contributed by atoms with van der Waals surface area (Å²) >= 11 is 0. The van der Waals surface area contributed by atoms with Gasteiger partial charge >= 0.3 is 0 Å². The number of aromatic nitrogens is 1. The van der Waals surface area contributed by atoms with Crippen molar-refractivity contribution in [2.24, 2.45) is 0 Å². The molecule has 1 aromatic heterocycles. The average Bonchev–Trinajstić information content (AvgIpc) is 2.85. The minimum Gasteiger partial charge on any atom is -0.354 e. The molecule has 0 fully saturated rings. The number of benzene rings is 3. The summed E-state index contributed by atoms with van der Waals surface area (Å²) in [5, 5.41) is 5.42. The summed E-state index contributed by atoms with van der Waals surface area (Å²) in [6.45, 7) is 4.76. The highest BCUT2D eigenvalue weighted by Gasteiger charge is 2.35.